The normalized spacial score (nSPS) is 16.3. The average Bonchev–Trinajstić information content (AvgIpc) is 2.60. The summed E-state index contributed by atoms with van der Waals surface area (Å²) >= 11 is 0.573. The second-order valence-corrected chi connectivity index (χ2v) is 5.31. The van der Waals surface area contributed by atoms with Crippen LogP contribution in [0.15, 0.2) is 29.2 Å². The summed E-state index contributed by atoms with van der Waals surface area (Å²) in [6.07, 6.45) is 4.67. The molecule has 0 amide bonds. The molecule has 0 spiro atoms. The minimum atomic E-state index is -2.36. The zero-order valence-electron chi connectivity index (χ0n) is 10.1. The molecule has 0 atom stereocenters. The maximum Gasteiger partial charge on any atom is 0.288 e. The molecule has 5 heteroatoms. The number of benzene rings is 1. The van der Waals surface area contributed by atoms with Crippen molar-refractivity contribution in [3.05, 3.63) is 24.3 Å². The summed E-state index contributed by atoms with van der Waals surface area (Å²) in [5, 5.41) is 3.31. The highest BCUT2D eigenvalue weighted by Gasteiger charge is 2.11. The molecule has 1 aromatic rings. The molecular weight excluding hydrogens is 254 g/mol. The van der Waals surface area contributed by atoms with Crippen LogP contribution in [-0.2, 0) is 0 Å². The molecule has 0 saturated carbocycles. The van der Waals surface area contributed by atoms with Crippen molar-refractivity contribution in [1.29, 1.82) is 0 Å². The molecule has 2 N–H and O–H groups in total. The van der Waals surface area contributed by atoms with Crippen molar-refractivity contribution >= 4 is 23.3 Å². The third-order valence-corrected chi connectivity index (χ3v) is 3.54. The van der Waals surface area contributed by atoms with Crippen LogP contribution in [0.1, 0.15) is 25.7 Å². The first-order valence-electron chi connectivity index (χ1n) is 6.15. The predicted molar refractivity (Wildman–Crippen MR) is 71.2 cm³/mol. The first-order valence-corrected chi connectivity index (χ1v) is 7.03. The van der Waals surface area contributed by atoms with Crippen molar-refractivity contribution in [2.75, 3.05) is 11.9 Å². The molecule has 98 valence electrons. The van der Waals surface area contributed by atoms with Crippen LogP contribution in [0.4, 0.5) is 14.5 Å². The molecule has 1 aromatic carbocycles. The molecule has 0 saturated heterocycles. The van der Waals surface area contributed by atoms with E-state index in [1.54, 1.807) is 12.1 Å². The van der Waals surface area contributed by atoms with Crippen molar-refractivity contribution < 1.29 is 13.8 Å². The lowest BCUT2D eigenvalue weighted by Crippen LogP contribution is -2.74. The summed E-state index contributed by atoms with van der Waals surface area (Å²) in [4.78, 5) is 3.95. The minimum Gasteiger partial charge on any atom is -0.278 e. The van der Waals surface area contributed by atoms with E-state index in [9.17, 15) is 8.78 Å². The van der Waals surface area contributed by atoms with Crippen LogP contribution < -0.4 is 10.3 Å². The van der Waals surface area contributed by atoms with E-state index in [0.717, 1.165) is 24.5 Å². The maximum atomic E-state index is 12.2. The quantitative estimate of drug-likeness (QED) is 0.826. The highest BCUT2D eigenvalue weighted by molar-refractivity contribution is 7.99. The number of nitrogens with one attached hydrogen (secondary N) is 2. The molecule has 2 rings (SSSR count). The minimum absolute atomic E-state index is 0.573. The van der Waals surface area contributed by atoms with E-state index in [2.05, 4.69) is 10.3 Å². The molecule has 0 aromatic heterocycles. The molecule has 0 bridgehead atoms. The number of thioether (sulfide) groups is 1. The van der Waals surface area contributed by atoms with Crippen LogP contribution in [-0.4, -0.2) is 18.1 Å². The Morgan fingerprint density at radius 1 is 1.11 bits per heavy atom. The largest absolute Gasteiger partial charge is 0.288 e. The Morgan fingerprint density at radius 3 is 2.61 bits per heavy atom. The van der Waals surface area contributed by atoms with E-state index in [0.29, 0.717) is 16.7 Å². The van der Waals surface area contributed by atoms with Gasteiger partial charge in [-0.15, -0.1) is 0 Å². The third kappa shape index (κ3) is 4.29. The number of amidine groups is 1. The van der Waals surface area contributed by atoms with Gasteiger partial charge in [-0.25, -0.2) is 5.32 Å². The summed E-state index contributed by atoms with van der Waals surface area (Å²) < 4.78 is 24.3. The van der Waals surface area contributed by atoms with Crippen molar-refractivity contribution in [2.45, 2.75) is 36.3 Å². The van der Waals surface area contributed by atoms with Gasteiger partial charge in [0.25, 0.3) is 5.76 Å². The van der Waals surface area contributed by atoms with Gasteiger partial charge in [0.05, 0.1) is 6.54 Å². The number of hydrogen-bond donors (Lipinski definition) is 2. The zero-order valence-corrected chi connectivity index (χ0v) is 10.9. The van der Waals surface area contributed by atoms with Gasteiger partial charge in [-0.1, -0.05) is 11.8 Å². The third-order valence-electron chi connectivity index (χ3n) is 2.82. The fourth-order valence-electron chi connectivity index (χ4n) is 1.93. The first-order chi connectivity index (χ1) is 8.74. The molecule has 1 heterocycles. The molecule has 18 heavy (non-hydrogen) atoms. The number of hydrogen-bond acceptors (Lipinski definition) is 2. The standard InChI is InChI=1S/C13H16F2N2S/c14-13(15)18-11-7-5-10(6-8-11)17-12-4-2-1-3-9-16-12/h5-8,13H,1-4,9H2,(H,16,17)/p+1. The van der Waals surface area contributed by atoms with E-state index in [1.807, 2.05) is 12.1 Å². The second-order valence-electron chi connectivity index (χ2n) is 4.24. The average molecular weight is 271 g/mol. The fraction of sp³-hybridized carbons (Fsp3) is 0.462. The van der Waals surface area contributed by atoms with Crippen LogP contribution in [0.2, 0.25) is 0 Å². The molecule has 0 fully saturated rings. The summed E-state index contributed by atoms with van der Waals surface area (Å²) in [6, 6.07) is 7.11. The van der Waals surface area contributed by atoms with Gasteiger partial charge in [0.15, 0.2) is 0 Å². The monoisotopic (exact) mass is 271 g/mol. The Kier molecular flexibility index (Phi) is 4.99. The molecule has 2 nitrogen and oxygen atoms in total. The van der Waals surface area contributed by atoms with Crippen LogP contribution in [0, 0.1) is 0 Å². The van der Waals surface area contributed by atoms with Gasteiger partial charge in [-0.3, -0.25) is 4.99 Å². The van der Waals surface area contributed by atoms with Gasteiger partial charge in [-0.2, -0.15) is 8.78 Å². The van der Waals surface area contributed by atoms with Gasteiger partial charge >= 0.3 is 0 Å². The van der Waals surface area contributed by atoms with Crippen LogP contribution >= 0.6 is 11.8 Å². The van der Waals surface area contributed by atoms with Gasteiger partial charge in [0, 0.05) is 11.3 Å². The maximum absolute atomic E-state index is 12.2. The van der Waals surface area contributed by atoms with E-state index in [4.69, 9.17) is 0 Å². The molecule has 0 radical (unpaired) electrons. The first kappa shape index (κ1) is 13.3. The Labute approximate surface area is 110 Å². The topological polar surface area (TPSA) is 26.0 Å². The number of halogens is 2. The molecule has 0 aliphatic carbocycles. The SMILES string of the molecule is FC(F)Sc1ccc(NC2=[NH+]CCCCC2)cc1. The predicted octanol–water partition coefficient (Wildman–Crippen LogP) is 2.47. The van der Waals surface area contributed by atoms with Gasteiger partial charge in [0.1, 0.15) is 5.69 Å². The van der Waals surface area contributed by atoms with Crippen molar-refractivity contribution in [1.82, 2.24) is 0 Å². The van der Waals surface area contributed by atoms with Crippen LogP contribution in [0.5, 0.6) is 0 Å². The van der Waals surface area contributed by atoms with E-state index < -0.39 is 5.76 Å². The lowest BCUT2D eigenvalue weighted by Gasteiger charge is -2.03. The van der Waals surface area contributed by atoms with Crippen LogP contribution in [0.3, 0.4) is 0 Å². The van der Waals surface area contributed by atoms with E-state index >= 15 is 0 Å². The van der Waals surface area contributed by atoms with Crippen molar-refractivity contribution in [3.63, 3.8) is 0 Å². The van der Waals surface area contributed by atoms with Crippen molar-refractivity contribution in [2.24, 2.45) is 0 Å². The Morgan fingerprint density at radius 2 is 1.89 bits per heavy atom. The Bertz CT molecular complexity index is 404. The lowest BCUT2D eigenvalue weighted by atomic mass is 10.2. The van der Waals surface area contributed by atoms with Crippen LogP contribution in [0.25, 0.3) is 0 Å². The molecule has 1 aliphatic heterocycles. The number of rotatable bonds is 3. The number of anilines is 1. The molecule has 1 aliphatic rings. The summed E-state index contributed by atoms with van der Waals surface area (Å²) in [7, 11) is 0. The zero-order chi connectivity index (χ0) is 12.8. The number of alkyl halides is 2. The second kappa shape index (κ2) is 6.73. The Hall–Kier alpha value is -1.10. The van der Waals surface area contributed by atoms with Gasteiger partial charge in [-0.05, 0) is 43.5 Å². The summed E-state index contributed by atoms with van der Waals surface area (Å²) in [5.41, 5.74) is 0.943. The highest BCUT2D eigenvalue weighted by Crippen LogP contribution is 2.26. The highest BCUT2D eigenvalue weighted by atomic mass is 32.2. The fourth-order valence-corrected chi connectivity index (χ4v) is 2.43. The van der Waals surface area contributed by atoms with Gasteiger partial charge in [0.2, 0.25) is 5.84 Å². The summed E-state index contributed by atoms with van der Waals surface area (Å²) in [5.74, 6) is -1.23. The summed E-state index contributed by atoms with van der Waals surface area (Å²) in [6.45, 7) is 1.00. The van der Waals surface area contributed by atoms with E-state index in [-0.39, 0.29) is 0 Å². The van der Waals surface area contributed by atoms with Crippen molar-refractivity contribution in [3.8, 4) is 0 Å². The van der Waals surface area contributed by atoms with E-state index in [1.165, 1.54) is 19.3 Å². The smallest absolute Gasteiger partial charge is 0.278 e. The molecular formula is C13H17F2N2S+. The Balaban J connectivity index is 1.95. The lowest BCUT2D eigenvalue weighted by molar-refractivity contribution is -0.457. The molecule has 0 unspecified atom stereocenters. The van der Waals surface area contributed by atoms with Gasteiger partial charge < -0.3 is 0 Å².